The number of rotatable bonds is 9. The summed E-state index contributed by atoms with van der Waals surface area (Å²) in [6, 6.07) is 19.4. The molecule has 3 aromatic rings. The molecule has 0 unspecified atom stereocenters. The molecular formula is C29H26FNO5. The van der Waals surface area contributed by atoms with E-state index in [1.54, 1.807) is 31.4 Å². The number of nitrogens with zero attached hydrogens (tertiary/aromatic N) is 1. The predicted octanol–water partition coefficient (Wildman–Crippen LogP) is 5.06. The van der Waals surface area contributed by atoms with Crippen molar-refractivity contribution in [3.05, 3.63) is 113 Å². The van der Waals surface area contributed by atoms with Crippen LogP contribution in [0.5, 0.6) is 11.5 Å². The quantitative estimate of drug-likeness (QED) is 0.427. The molecule has 7 heteroatoms. The Bertz CT molecular complexity index is 1330. The van der Waals surface area contributed by atoms with Crippen molar-refractivity contribution in [3.63, 3.8) is 0 Å². The van der Waals surface area contributed by atoms with Crippen molar-refractivity contribution in [1.29, 1.82) is 0 Å². The van der Waals surface area contributed by atoms with Gasteiger partial charge < -0.3 is 19.5 Å². The van der Waals surface area contributed by atoms with E-state index in [0.29, 0.717) is 17.9 Å². The van der Waals surface area contributed by atoms with Crippen molar-refractivity contribution in [2.24, 2.45) is 0 Å². The third-order valence-corrected chi connectivity index (χ3v) is 6.09. The Balaban J connectivity index is 1.66. The van der Waals surface area contributed by atoms with Gasteiger partial charge in [0.05, 0.1) is 25.8 Å². The number of methoxy groups -OCH3 is 2. The number of carbonyl (C=O) groups excluding carboxylic acids is 2. The van der Waals surface area contributed by atoms with Gasteiger partial charge in [0.15, 0.2) is 23.0 Å². The second kappa shape index (κ2) is 10.9. The Hall–Kier alpha value is -4.39. The Morgan fingerprint density at radius 1 is 1.00 bits per heavy atom. The van der Waals surface area contributed by atoms with E-state index in [1.165, 1.54) is 36.3 Å². The van der Waals surface area contributed by atoms with Crippen LogP contribution in [0.4, 0.5) is 4.39 Å². The van der Waals surface area contributed by atoms with E-state index in [-0.39, 0.29) is 17.7 Å². The van der Waals surface area contributed by atoms with Crippen LogP contribution in [0.3, 0.4) is 0 Å². The molecule has 0 saturated heterocycles. The molecule has 1 heterocycles. The largest absolute Gasteiger partial charge is 0.503 e. The van der Waals surface area contributed by atoms with Crippen molar-refractivity contribution < 1.29 is 28.6 Å². The van der Waals surface area contributed by atoms with Crippen LogP contribution in [0, 0.1) is 5.82 Å². The lowest BCUT2D eigenvalue weighted by Gasteiger charge is -2.27. The highest BCUT2D eigenvalue weighted by Gasteiger charge is 2.43. The lowest BCUT2D eigenvalue weighted by Crippen LogP contribution is -2.33. The number of amides is 1. The fourth-order valence-corrected chi connectivity index (χ4v) is 4.27. The monoisotopic (exact) mass is 487 g/mol. The minimum atomic E-state index is -1.06. The van der Waals surface area contributed by atoms with Gasteiger partial charge in [-0.25, -0.2) is 4.39 Å². The van der Waals surface area contributed by atoms with Gasteiger partial charge in [0.1, 0.15) is 5.82 Å². The van der Waals surface area contributed by atoms with Crippen LogP contribution in [0.25, 0.3) is 6.08 Å². The van der Waals surface area contributed by atoms with Gasteiger partial charge in [0, 0.05) is 12.1 Å². The van der Waals surface area contributed by atoms with Crippen LogP contribution in [-0.2, 0) is 16.0 Å². The zero-order valence-electron chi connectivity index (χ0n) is 20.0. The number of allylic oxidation sites excluding steroid dienone is 1. The van der Waals surface area contributed by atoms with Gasteiger partial charge in [-0.15, -0.1) is 0 Å². The van der Waals surface area contributed by atoms with Gasteiger partial charge in [0.25, 0.3) is 5.91 Å². The minimum absolute atomic E-state index is 0.135. The first-order chi connectivity index (χ1) is 17.4. The summed E-state index contributed by atoms with van der Waals surface area (Å²) in [4.78, 5) is 27.6. The molecule has 1 aliphatic rings. The number of aliphatic hydroxyl groups is 1. The van der Waals surface area contributed by atoms with Gasteiger partial charge in [-0.05, 0) is 41.8 Å². The van der Waals surface area contributed by atoms with Crippen LogP contribution in [0.2, 0.25) is 0 Å². The van der Waals surface area contributed by atoms with Crippen molar-refractivity contribution in [3.8, 4) is 11.5 Å². The zero-order valence-corrected chi connectivity index (χ0v) is 20.0. The van der Waals surface area contributed by atoms with E-state index in [4.69, 9.17) is 9.47 Å². The lowest BCUT2D eigenvalue weighted by atomic mass is 9.95. The topological polar surface area (TPSA) is 76.1 Å². The van der Waals surface area contributed by atoms with E-state index in [0.717, 1.165) is 11.1 Å². The molecule has 0 spiro atoms. The highest BCUT2D eigenvalue weighted by atomic mass is 19.1. The number of halogens is 1. The normalized spacial score (nSPS) is 15.6. The molecule has 6 nitrogen and oxygen atoms in total. The van der Waals surface area contributed by atoms with Crippen molar-refractivity contribution in [2.45, 2.75) is 12.5 Å². The van der Waals surface area contributed by atoms with Crippen LogP contribution >= 0.6 is 0 Å². The van der Waals surface area contributed by atoms with E-state index in [9.17, 15) is 19.1 Å². The zero-order chi connectivity index (χ0) is 25.7. The molecule has 0 fully saturated rings. The maximum Gasteiger partial charge on any atom is 0.290 e. The maximum atomic E-state index is 14.9. The predicted molar refractivity (Wildman–Crippen MR) is 134 cm³/mol. The summed E-state index contributed by atoms with van der Waals surface area (Å²) < 4.78 is 25.5. The van der Waals surface area contributed by atoms with Gasteiger partial charge in [0.2, 0.25) is 0 Å². The second-order valence-corrected chi connectivity index (χ2v) is 8.23. The molecule has 36 heavy (non-hydrogen) atoms. The van der Waals surface area contributed by atoms with Crippen LogP contribution in [0.1, 0.15) is 22.7 Å². The third kappa shape index (κ3) is 5.00. The highest BCUT2D eigenvalue weighted by Crippen LogP contribution is 2.39. The first-order valence-electron chi connectivity index (χ1n) is 11.4. The summed E-state index contributed by atoms with van der Waals surface area (Å²) in [5.74, 6) is -1.42. The Morgan fingerprint density at radius 2 is 1.69 bits per heavy atom. The van der Waals surface area contributed by atoms with E-state index in [1.807, 2.05) is 36.4 Å². The summed E-state index contributed by atoms with van der Waals surface area (Å²) in [7, 11) is 3.07. The molecule has 4 rings (SSSR count). The van der Waals surface area contributed by atoms with Gasteiger partial charge in [-0.1, -0.05) is 60.7 Å². The molecular weight excluding hydrogens is 461 g/mol. The number of ether oxygens (including phenoxy) is 2. The minimum Gasteiger partial charge on any atom is -0.503 e. The molecule has 1 amide bonds. The van der Waals surface area contributed by atoms with Gasteiger partial charge >= 0.3 is 0 Å². The Labute approximate surface area is 208 Å². The molecule has 0 aliphatic carbocycles. The number of benzene rings is 3. The molecule has 0 bridgehead atoms. The Kier molecular flexibility index (Phi) is 7.49. The highest BCUT2D eigenvalue weighted by molar-refractivity contribution is 6.14. The second-order valence-electron chi connectivity index (χ2n) is 8.23. The Morgan fingerprint density at radius 3 is 2.39 bits per heavy atom. The lowest BCUT2D eigenvalue weighted by molar-refractivity contribution is -0.129. The summed E-state index contributed by atoms with van der Waals surface area (Å²) in [5, 5.41) is 10.7. The molecule has 0 aromatic heterocycles. The molecule has 1 aliphatic heterocycles. The van der Waals surface area contributed by atoms with Crippen LogP contribution < -0.4 is 9.47 Å². The average molecular weight is 488 g/mol. The van der Waals surface area contributed by atoms with E-state index >= 15 is 0 Å². The number of hydrogen-bond acceptors (Lipinski definition) is 5. The molecule has 1 N–H and O–H groups in total. The average Bonchev–Trinajstić information content (AvgIpc) is 3.16. The van der Waals surface area contributed by atoms with Crippen LogP contribution in [0.15, 0.2) is 90.2 Å². The molecule has 184 valence electrons. The fourth-order valence-electron chi connectivity index (χ4n) is 4.27. The number of ketones is 1. The number of aliphatic hydroxyl groups excluding tert-OH is 1. The molecule has 1 atom stereocenters. The first kappa shape index (κ1) is 24.7. The van der Waals surface area contributed by atoms with Crippen molar-refractivity contribution >= 4 is 17.8 Å². The van der Waals surface area contributed by atoms with E-state index in [2.05, 4.69) is 0 Å². The smallest absolute Gasteiger partial charge is 0.290 e. The number of carbonyl (C=O) groups is 2. The first-order valence-corrected chi connectivity index (χ1v) is 11.4. The molecule has 0 saturated carbocycles. The summed E-state index contributed by atoms with van der Waals surface area (Å²) in [6.07, 6.45) is 3.27. The fraction of sp³-hybridized carbons (Fsp3) is 0.172. The van der Waals surface area contributed by atoms with Crippen LogP contribution in [-0.4, -0.2) is 42.5 Å². The summed E-state index contributed by atoms with van der Waals surface area (Å²) >= 11 is 0. The third-order valence-electron chi connectivity index (χ3n) is 6.09. The summed E-state index contributed by atoms with van der Waals surface area (Å²) in [6.45, 7) is 0.135. The molecule has 0 radical (unpaired) electrons. The van der Waals surface area contributed by atoms with Crippen molar-refractivity contribution in [1.82, 2.24) is 4.90 Å². The van der Waals surface area contributed by atoms with Gasteiger partial charge in [-0.3, -0.25) is 9.59 Å². The molecule has 3 aromatic carbocycles. The number of hydrogen-bond donors (Lipinski definition) is 1. The van der Waals surface area contributed by atoms with Crippen molar-refractivity contribution in [2.75, 3.05) is 20.8 Å². The van der Waals surface area contributed by atoms with E-state index < -0.39 is 29.3 Å². The SMILES string of the molecule is COc1ccc(CCN2C(=O)C(O)=C(C(=O)/C=C/c3ccccc3)[C@H]2c2ccccc2F)cc1OC. The summed E-state index contributed by atoms with van der Waals surface area (Å²) in [5.41, 5.74) is 1.61. The maximum absolute atomic E-state index is 14.9. The van der Waals surface area contributed by atoms with Gasteiger partial charge in [-0.2, -0.15) is 0 Å². The standard InChI is InChI=1S/C29H26FNO5/c1-35-24-15-13-20(18-25(24)36-2)16-17-31-27(21-10-6-7-11-22(21)30)26(28(33)29(31)34)23(32)14-12-19-8-4-3-5-9-19/h3-15,18,27,33H,16-17H2,1-2H3/b14-12+/t27-/m1/s1.